The van der Waals surface area contributed by atoms with E-state index in [0.717, 1.165) is 44.1 Å². The molecule has 0 heterocycles. The molecule has 2 aromatic rings. The second-order valence-corrected chi connectivity index (χ2v) is 18.9. The molecule has 2 aromatic carbocycles. The monoisotopic (exact) mass is 844 g/mol. The number of ketones is 2. The largest absolute Gasteiger partial charge is 0.437 e. The summed E-state index contributed by atoms with van der Waals surface area (Å²) in [6.07, 6.45) is 31.0. The van der Waals surface area contributed by atoms with E-state index in [9.17, 15) is 22.8 Å². The SMILES string of the molecule is CCCCCCCCCCCCCCCC(=O)c1c(CC(N)C(=O)OC(Cl)C(=O)CCCCCCCCCCCCCCC)cccc1S(=O)(=O)c1ccc(C)cc1. The summed E-state index contributed by atoms with van der Waals surface area (Å²) in [7, 11) is -4.07. The molecule has 0 fully saturated rings. The maximum absolute atomic E-state index is 14.0. The topological polar surface area (TPSA) is 121 Å². The summed E-state index contributed by atoms with van der Waals surface area (Å²) >= 11 is 6.23. The Morgan fingerprint density at radius 3 is 1.47 bits per heavy atom. The zero-order valence-electron chi connectivity index (χ0n) is 36.5. The minimum absolute atomic E-state index is 0.0613. The summed E-state index contributed by atoms with van der Waals surface area (Å²) in [5, 5.41) is 0. The van der Waals surface area contributed by atoms with Crippen molar-refractivity contribution in [1.82, 2.24) is 0 Å². The molecular weight excluding hydrogens is 766 g/mol. The van der Waals surface area contributed by atoms with E-state index in [1.54, 1.807) is 24.3 Å². The first-order valence-corrected chi connectivity index (χ1v) is 25.0. The summed E-state index contributed by atoms with van der Waals surface area (Å²) in [6, 6.07) is 9.92. The van der Waals surface area contributed by atoms with Gasteiger partial charge in [-0.05, 0) is 49.9 Å². The van der Waals surface area contributed by atoms with Crippen molar-refractivity contribution in [3.63, 3.8) is 0 Å². The first-order chi connectivity index (χ1) is 28.0. The number of ether oxygens (including phenoxy) is 1. The summed E-state index contributed by atoms with van der Waals surface area (Å²) < 4.78 is 33.2. The average molecular weight is 845 g/mol. The van der Waals surface area contributed by atoms with E-state index in [0.29, 0.717) is 18.4 Å². The molecule has 0 aliphatic carbocycles. The highest BCUT2D eigenvalue weighted by molar-refractivity contribution is 7.91. The molecule has 0 saturated carbocycles. The number of alkyl halides is 1. The van der Waals surface area contributed by atoms with Gasteiger partial charge in [0, 0.05) is 18.4 Å². The highest BCUT2D eigenvalue weighted by Crippen LogP contribution is 2.29. The second kappa shape index (κ2) is 31.3. The molecule has 328 valence electrons. The Balaban J connectivity index is 1.91. The van der Waals surface area contributed by atoms with Gasteiger partial charge in [0.15, 0.2) is 11.6 Å². The van der Waals surface area contributed by atoms with Crippen molar-refractivity contribution in [3.05, 3.63) is 59.2 Å². The minimum Gasteiger partial charge on any atom is -0.437 e. The lowest BCUT2D eigenvalue weighted by Crippen LogP contribution is -2.37. The van der Waals surface area contributed by atoms with Gasteiger partial charge in [-0.25, -0.2) is 8.42 Å². The summed E-state index contributed by atoms with van der Waals surface area (Å²) in [5.41, 5.74) is 6.17. The Bertz CT molecular complexity index is 1540. The van der Waals surface area contributed by atoms with Crippen LogP contribution in [-0.4, -0.2) is 37.6 Å². The van der Waals surface area contributed by atoms with E-state index in [4.69, 9.17) is 22.1 Å². The third-order valence-electron chi connectivity index (χ3n) is 11.3. The molecule has 0 bridgehead atoms. The van der Waals surface area contributed by atoms with Crippen LogP contribution in [0.15, 0.2) is 52.3 Å². The van der Waals surface area contributed by atoms with Crippen LogP contribution < -0.4 is 5.73 Å². The average Bonchev–Trinajstić information content (AvgIpc) is 3.21. The minimum atomic E-state index is -4.07. The fourth-order valence-corrected chi connectivity index (χ4v) is 9.28. The Labute approximate surface area is 358 Å². The lowest BCUT2D eigenvalue weighted by atomic mass is 9.95. The maximum Gasteiger partial charge on any atom is 0.325 e. The molecule has 2 rings (SSSR count). The fourth-order valence-electron chi connectivity index (χ4n) is 7.57. The molecule has 0 amide bonds. The van der Waals surface area contributed by atoms with Crippen molar-refractivity contribution in [3.8, 4) is 0 Å². The number of esters is 1. The van der Waals surface area contributed by atoms with E-state index in [1.165, 1.54) is 134 Å². The van der Waals surface area contributed by atoms with Gasteiger partial charge in [0.05, 0.1) is 9.79 Å². The standard InChI is InChI=1S/C49H78ClNO6S/c1-4-6-8-10-12-14-16-18-20-22-24-26-28-32-44(52)47-41(31-30-34-46(47)58(55,56)42-37-35-40(3)36-38-42)39-43(51)49(54)57-48(50)45(53)33-29-27-25-23-21-19-17-15-13-11-9-7-5-2/h30-31,34-38,43,48H,4-29,32-33,39,51H2,1-3H3. The number of sulfone groups is 1. The van der Waals surface area contributed by atoms with Crippen LogP contribution in [0.5, 0.6) is 0 Å². The third kappa shape index (κ3) is 21.1. The first-order valence-electron chi connectivity index (χ1n) is 23.1. The summed E-state index contributed by atoms with van der Waals surface area (Å²) in [5.74, 6) is -1.54. The number of halogens is 1. The Morgan fingerprint density at radius 2 is 1.02 bits per heavy atom. The van der Waals surface area contributed by atoms with Crippen molar-refractivity contribution < 1.29 is 27.5 Å². The number of benzene rings is 2. The van der Waals surface area contributed by atoms with Crippen LogP contribution >= 0.6 is 11.6 Å². The van der Waals surface area contributed by atoms with E-state index in [2.05, 4.69) is 13.8 Å². The molecule has 0 saturated heterocycles. The molecule has 0 aromatic heterocycles. The molecule has 0 radical (unpaired) electrons. The number of hydrogen-bond donors (Lipinski definition) is 1. The number of nitrogens with two attached hydrogens (primary N) is 1. The van der Waals surface area contributed by atoms with Crippen molar-refractivity contribution in [2.24, 2.45) is 5.73 Å². The van der Waals surface area contributed by atoms with Gasteiger partial charge in [-0.1, -0.05) is 209 Å². The molecule has 7 nitrogen and oxygen atoms in total. The molecule has 0 aliphatic heterocycles. The molecule has 58 heavy (non-hydrogen) atoms. The van der Waals surface area contributed by atoms with Crippen molar-refractivity contribution in [2.45, 2.75) is 228 Å². The van der Waals surface area contributed by atoms with E-state index < -0.39 is 27.4 Å². The van der Waals surface area contributed by atoms with Crippen LogP contribution in [0.1, 0.15) is 215 Å². The van der Waals surface area contributed by atoms with Crippen LogP contribution in [0.3, 0.4) is 0 Å². The molecule has 0 aliphatic rings. The number of rotatable bonds is 36. The predicted molar refractivity (Wildman–Crippen MR) is 240 cm³/mol. The zero-order chi connectivity index (χ0) is 42.4. The van der Waals surface area contributed by atoms with Crippen LogP contribution in [0, 0.1) is 6.92 Å². The van der Waals surface area contributed by atoms with Gasteiger partial charge < -0.3 is 10.5 Å². The lowest BCUT2D eigenvalue weighted by Gasteiger charge is -2.18. The first kappa shape index (κ1) is 51.6. The van der Waals surface area contributed by atoms with Crippen LogP contribution in [0.4, 0.5) is 0 Å². The smallest absolute Gasteiger partial charge is 0.325 e. The van der Waals surface area contributed by atoms with Crippen molar-refractivity contribution in [2.75, 3.05) is 0 Å². The maximum atomic E-state index is 14.0. The molecule has 2 unspecified atom stereocenters. The number of hydrogen-bond acceptors (Lipinski definition) is 7. The fraction of sp³-hybridized carbons (Fsp3) is 0.694. The molecule has 2 atom stereocenters. The molecule has 9 heteroatoms. The normalized spacial score (nSPS) is 12.7. The van der Waals surface area contributed by atoms with Gasteiger partial charge in [-0.3, -0.25) is 14.4 Å². The highest BCUT2D eigenvalue weighted by Gasteiger charge is 2.30. The highest BCUT2D eigenvalue weighted by atomic mass is 35.5. The molecule has 2 N–H and O–H groups in total. The van der Waals surface area contributed by atoms with Gasteiger partial charge in [-0.2, -0.15) is 0 Å². The molecular formula is C49H78ClNO6S. The van der Waals surface area contributed by atoms with Gasteiger partial charge in [0.2, 0.25) is 15.4 Å². The third-order valence-corrected chi connectivity index (χ3v) is 13.4. The van der Waals surface area contributed by atoms with Crippen LogP contribution in [-0.2, 0) is 30.6 Å². The number of aryl methyl sites for hydroxylation is 1. The van der Waals surface area contributed by atoms with Gasteiger partial charge in [-0.15, -0.1) is 0 Å². The Kier molecular flexibility index (Phi) is 27.9. The van der Waals surface area contributed by atoms with Gasteiger partial charge in [0.25, 0.3) is 0 Å². The van der Waals surface area contributed by atoms with Crippen LogP contribution in [0.25, 0.3) is 0 Å². The quantitative estimate of drug-likeness (QED) is 0.0314. The number of carbonyl (C=O) groups is 3. The van der Waals surface area contributed by atoms with Gasteiger partial charge in [0.1, 0.15) is 6.04 Å². The van der Waals surface area contributed by atoms with Crippen LogP contribution in [0.2, 0.25) is 0 Å². The predicted octanol–water partition coefficient (Wildman–Crippen LogP) is 13.5. The second-order valence-electron chi connectivity index (χ2n) is 16.5. The Morgan fingerprint density at radius 1 is 0.603 bits per heavy atom. The van der Waals surface area contributed by atoms with Crippen molar-refractivity contribution in [1.29, 1.82) is 0 Å². The van der Waals surface area contributed by atoms with E-state index >= 15 is 0 Å². The van der Waals surface area contributed by atoms with E-state index in [-0.39, 0.29) is 46.2 Å². The van der Waals surface area contributed by atoms with E-state index in [1.807, 2.05) is 6.92 Å². The summed E-state index contributed by atoms with van der Waals surface area (Å²) in [6.45, 7) is 6.36. The number of carbonyl (C=O) groups excluding carboxylic acids is 3. The summed E-state index contributed by atoms with van der Waals surface area (Å²) in [4.78, 5) is 39.7. The lowest BCUT2D eigenvalue weighted by molar-refractivity contribution is -0.151. The van der Waals surface area contributed by atoms with Gasteiger partial charge >= 0.3 is 5.97 Å². The Hall–Kier alpha value is -2.55. The number of unbranched alkanes of at least 4 members (excludes halogenated alkanes) is 24. The van der Waals surface area contributed by atoms with Crippen molar-refractivity contribution >= 4 is 39.0 Å². The zero-order valence-corrected chi connectivity index (χ0v) is 38.1. The molecule has 0 spiro atoms. The number of Topliss-reactive ketones (excluding diaryl/α,β-unsaturated/α-hetero) is 2.